The van der Waals surface area contributed by atoms with Crippen LogP contribution < -0.4 is 10.6 Å². The Kier molecular flexibility index (Phi) is 4.61. The van der Waals surface area contributed by atoms with Crippen LogP contribution in [0.2, 0.25) is 0 Å². The topological polar surface area (TPSA) is 24.1 Å². The average molecular weight is 297 g/mol. The highest BCUT2D eigenvalue weighted by molar-refractivity contribution is 9.10. The van der Waals surface area contributed by atoms with Crippen molar-refractivity contribution < 1.29 is 13.2 Å². The molecule has 0 aliphatic carbocycles. The van der Waals surface area contributed by atoms with Crippen molar-refractivity contribution in [2.24, 2.45) is 0 Å². The second-order valence-corrected chi connectivity index (χ2v) is 4.08. The maximum absolute atomic E-state index is 12.4. The Hall–Kier alpha value is -0.750. The Labute approximate surface area is 100 Å². The van der Waals surface area contributed by atoms with Crippen LogP contribution in [0.25, 0.3) is 0 Å². The zero-order chi connectivity index (χ0) is 12.2. The van der Waals surface area contributed by atoms with Crippen LogP contribution in [0.15, 0.2) is 22.7 Å². The molecular formula is C10H12BrF3N2. The summed E-state index contributed by atoms with van der Waals surface area (Å²) in [5.41, 5.74) is 0.00166. The number of rotatable bonds is 4. The van der Waals surface area contributed by atoms with E-state index >= 15 is 0 Å². The molecule has 1 rings (SSSR count). The highest BCUT2D eigenvalue weighted by Crippen LogP contribution is 2.33. The molecule has 0 aliphatic heterocycles. The van der Waals surface area contributed by atoms with Gasteiger partial charge in [0.2, 0.25) is 0 Å². The number of hydrogen-bond donors (Lipinski definition) is 2. The third-order valence-electron chi connectivity index (χ3n) is 1.99. The molecule has 0 bridgehead atoms. The van der Waals surface area contributed by atoms with Crippen molar-refractivity contribution in [1.82, 2.24) is 5.32 Å². The van der Waals surface area contributed by atoms with Crippen LogP contribution in [0, 0.1) is 0 Å². The maximum atomic E-state index is 12.4. The third-order valence-corrected chi connectivity index (χ3v) is 2.64. The molecule has 16 heavy (non-hydrogen) atoms. The molecule has 6 heteroatoms. The number of nitrogens with one attached hydrogen (secondary N) is 2. The first-order valence-electron chi connectivity index (χ1n) is 4.70. The van der Waals surface area contributed by atoms with Gasteiger partial charge in [0.05, 0.1) is 5.56 Å². The van der Waals surface area contributed by atoms with Crippen LogP contribution in [0.4, 0.5) is 18.9 Å². The number of likely N-dealkylation sites (N-methyl/N-ethyl adjacent to an activating group) is 1. The summed E-state index contributed by atoms with van der Waals surface area (Å²) in [5.74, 6) is 0. The number of hydrogen-bond acceptors (Lipinski definition) is 2. The van der Waals surface area contributed by atoms with Crippen molar-refractivity contribution in [3.05, 3.63) is 28.2 Å². The zero-order valence-corrected chi connectivity index (χ0v) is 10.2. The van der Waals surface area contributed by atoms with E-state index in [9.17, 15) is 13.2 Å². The lowest BCUT2D eigenvalue weighted by Crippen LogP contribution is -2.18. The van der Waals surface area contributed by atoms with Crippen molar-refractivity contribution in [1.29, 1.82) is 0 Å². The van der Waals surface area contributed by atoms with E-state index < -0.39 is 11.7 Å². The van der Waals surface area contributed by atoms with Gasteiger partial charge >= 0.3 is 6.18 Å². The van der Waals surface area contributed by atoms with Gasteiger partial charge in [0.1, 0.15) is 0 Å². The van der Waals surface area contributed by atoms with Crippen molar-refractivity contribution >= 4 is 21.6 Å². The molecule has 0 spiro atoms. The smallest absolute Gasteiger partial charge is 0.383 e. The second-order valence-electron chi connectivity index (χ2n) is 3.22. The molecule has 0 heterocycles. The molecule has 0 unspecified atom stereocenters. The minimum atomic E-state index is -4.30. The molecule has 1 aromatic carbocycles. The number of benzene rings is 1. The van der Waals surface area contributed by atoms with Crippen molar-refractivity contribution in [3.8, 4) is 0 Å². The van der Waals surface area contributed by atoms with Crippen LogP contribution in [-0.4, -0.2) is 20.1 Å². The van der Waals surface area contributed by atoms with Gasteiger partial charge in [-0.05, 0) is 41.2 Å². The minimum Gasteiger partial charge on any atom is -0.383 e. The lowest BCUT2D eigenvalue weighted by atomic mass is 10.2. The molecule has 0 saturated heterocycles. The third kappa shape index (κ3) is 3.68. The monoisotopic (exact) mass is 296 g/mol. The average Bonchev–Trinajstić information content (AvgIpc) is 2.19. The van der Waals surface area contributed by atoms with Gasteiger partial charge in [-0.2, -0.15) is 13.2 Å². The summed E-state index contributed by atoms with van der Waals surface area (Å²) in [6, 6.07) is 3.55. The van der Waals surface area contributed by atoms with Crippen LogP contribution in [0.3, 0.4) is 0 Å². The molecule has 0 atom stereocenters. The van der Waals surface area contributed by atoms with Gasteiger partial charge in [-0.3, -0.25) is 0 Å². The molecule has 1 aromatic rings. The Morgan fingerprint density at radius 3 is 2.44 bits per heavy atom. The minimum absolute atomic E-state index is 0.415. The molecular weight excluding hydrogens is 285 g/mol. The van der Waals surface area contributed by atoms with E-state index in [1.54, 1.807) is 0 Å². The highest BCUT2D eigenvalue weighted by Gasteiger charge is 2.30. The molecule has 0 aromatic heterocycles. The molecule has 2 N–H and O–H groups in total. The van der Waals surface area contributed by atoms with Gasteiger partial charge in [-0.25, -0.2) is 0 Å². The van der Waals surface area contributed by atoms with Crippen LogP contribution in [-0.2, 0) is 6.18 Å². The van der Waals surface area contributed by atoms with Crippen LogP contribution in [0.5, 0.6) is 0 Å². The maximum Gasteiger partial charge on any atom is 0.416 e. The predicted molar refractivity (Wildman–Crippen MR) is 61.6 cm³/mol. The van der Waals surface area contributed by atoms with Gasteiger partial charge in [-0.1, -0.05) is 0 Å². The summed E-state index contributed by atoms with van der Waals surface area (Å²) in [7, 11) is 1.81. The Bertz CT molecular complexity index is 352. The van der Waals surface area contributed by atoms with Crippen molar-refractivity contribution in [3.63, 3.8) is 0 Å². The molecule has 90 valence electrons. The summed E-state index contributed by atoms with van der Waals surface area (Å²) in [4.78, 5) is 0. The van der Waals surface area contributed by atoms with E-state index in [4.69, 9.17) is 0 Å². The number of halogens is 4. The molecule has 0 aliphatic rings. The van der Waals surface area contributed by atoms with Gasteiger partial charge in [0.15, 0.2) is 0 Å². The van der Waals surface area contributed by atoms with E-state index in [-0.39, 0.29) is 0 Å². The first-order valence-corrected chi connectivity index (χ1v) is 5.49. The fourth-order valence-electron chi connectivity index (χ4n) is 1.16. The predicted octanol–water partition coefficient (Wildman–Crippen LogP) is 3.10. The summed E-state index contributed by atoms with van der Waals surface area (Å²) in [6.07, 6.45) is -4.30. The summed E-state index contributed by atoms with van der Waals surface area (Å²) in [5, 5.41) is 5.95. The standard InChI is InChI=1S/C10H12BrF3N2/c1-15-4-5-16-9-3-2-7(6-8(9)11)10(12,13)14/h2-3,6,15-16H,4-5H2,1H3. The van der Waals surface area contributed by atoms with Crippen LogP contribution in [0.1, 0.15) is 5.56 Å². The van der Waals surface area contributed by atoms with Gasteiger partial charge < -0.3 is 10.6 Å². The highest BCUT2D eigenvalue weighted by atomic mass is 79.9. The summed E-state index contributed by atoms with van der Waals surface area (Å²) < 4.78 is 37.5. The first kappa shape index (κ1) is 13.3. The Morgan fingerprint density at radius 2 is 1.94 bits per heavy atom. The fraction of sp³-hybridized carbons (Fsp3) is 0.400. The molecule has 0 saturated carbocycles. The summed E-state index contributed by atoms with van der Waals surface area (Å²) in [6.45, 7) is 1.40. The van der Waals surface area contributed by atoms with Gasteiger partial charge in [-0.15, -0.1) is 0 Å². The Balaban J connectivity index is 2.76. The van der Waals surface area contributed by atoms with Gasteiger partial charge in [0.25, 0.3) is 0 Å². The molecule has 0 fully saturated rings. The SMILES string of the molecule is CNCCNc1ccc(C(F)(F)F)cc1Br. The lowest BCUT2D eigenvalue weighted by molar-refractivity contribution is -0.137. The summed E-state index contributed by atoms with van der Waals surface area (Å²) >= 11 is 3.11. The van der Waals surface area contributed by atoms with E-state index in [1.165, 1.54) is 6.07 Å². The normalized spacial score (nSPS) is 11.6. The molecule has 0 radical (unpaired) electrons. The van der Waals surface area contributed by atoms with E-state index in [1.807, 2.05) is 7.05 Å². The van der Waals surface area contributed by atoms with Crippen LogP contribution >= 0.6 is 15.9 Å². The largest absolute Gasteiger partial charge is 0.416 e. The second kappa shape index (κ2) is 5.54. The zero-order valence-electron chi connectivity index (χ0n) is 8.66. The lowest BCUT2D eigenvalue weighted by Gasteiger charge is -2.11. The van der Waals surface area contributed by atoms with E-state index in [0.717, 1.165) is 18.7 Å². The Morgan fingerprint density at radius 1 is 1.25 bits per heavy atom. The van der Waals surface area contributed by atoms with Crippen molar-refractivity contribution in [2.75, 3.05) is 25.5 Å². The molecule has 0 amide bonds. The number of alkyl halides is 3. The fourth-order valence-corrected chi connectivity index (χ4v) is 1.68. The first-order chi connectivity index (χ1) is 7.45. The van der Waals surface area contributed by atoms with E-state index in [2.05, 4.69) is 26.6 Å². The number of anilines is 1. The van der Waals surface area contributed by atoms with E-state index in [0.29, 0.717) is 16.7 Å². The van der Waals surface area contributed by atoms with Gasteiger partial charge in [0, 0.05) is 23.2 Å². The molecule has 2 nitrogen and oxygen atoms in total. The van der Waals surface area contributed by atoms with Crippen molar-refractivity contribution in [2.45, 2.75) is 6.18 Å². The quantitative estimate of drug-likeness (QED) is 0.835.